The summed E-state index contributed by atoms with van der Waals surface area (Å²) in [5.74, 6) is -0.383. The smallest absolute Gasteiger partial charge is 0.342 e. The van der Waals surface area contributed by atoms with Crippen molar-refractivity contribution in [3.63, 3.8) is 0 Å². The average molecular weight is 337 g/mol. The lowest BCUT2D eigenvalue weighted by atomic mass is 10.1. The number of benzene rings is 2. The molecule has 0 amide bonds. The normalized spacial score (nSPS) is 11.9. The van der Waals surface area contributed by atoms with Crippen molar-refractivity contribution >= 4 is 22.7 Å². The third kappa shape index (κ3) is 3.40. The van der Waals surface area contributed by atoms with Gasteiger partial charge in [0.15, 0.2) is 6.10 Å². The van der Waals surface area contributed by atoms with E-state index in [9.17, 15) is 9.59 Å². The Hall–Kier alpha value is -3.08. The van der Waals surface area contributed by atoms with Crippen LogP contribution in [-0.4, -0.2) is 29.4 Å². The fourth-order valence-corrected chi connectivity index (χ4v) is 2.69. The van der Waals surface area contributed by atoms with E-state index in [1.54, 1.807) is 37.4 Å². The lowest BCUT2D eigenvalue weighted by Gasteiger charge is -2.14. The van der Waals surface area contributed by atoms with Gasteiger partial charge in [0.05, 0.1) is 6.61 Å². The van der Waals surface area contributed by atoms with E-state index in [0.717, 1.165) is 10.9 Å². The number of fused-ring (bicyclic) bond motifs is 1. The predicted octanol–water partition coefficient (Wildman–Crippen LogP) is 3.99. The minimum Gasteiger partial charge on any atom is -0.493 e. The predicted molar refractivity (Wildman–Crippen MR) is 95.1 cm³/mol. The Morgan fingerprint density at radius 2 is 1.76 bits per heavy atom. The van der Waals surface area contributed by atoms with Gasteiger partial charge in [-0.3, -0.25) is 4.79 Å². The number of carbonyl (C=O) groups excluding carboxylic acids is 2. The number of Topliss-reactive ketones (excluding diaryl/α,β-unsaturated/α-hetero) is 1. The van der Waals surface area contributed by atoms with Gasteiger partial charge in [0.2, 0.25) is 5.78 Å². The highest BCUT2D eigenvalue weighted by Gasteiger charge is 2.24. The van der Waals surface area contributed by atoms with Crippen LogP contribution in [0.25, 0.3) is 10.9 Å². The van der Waals surface area contributed by atoms with Crippen molar-refractivity contribution in [2.45, 2.75) is 20.0 Å². The Labute approximate surface area is 145 Å². The molecule has 1 unspecified atom stereocenters. The molecule has 1 N–H and O–H groups in total. The Morgan fingerprint density at radius 1 is 1.04 bits per heavy atom. The molecule has 0 aliphatic rings. The van der Waals surface area contributed by atoms with Crippen LogP contribution in [0.4, 0.5) is 0 Å². The summed E-state index contributed by atoms with van der Waals surface area (Å²) in [6.07, 6.45) is 0.743. The van der Waals surface area contributed by atoms with Gasteiger partial charge in [-0.25, -0.2) is 4.79 Å². The van der Waals surface area contributed by atoms with Gasteiger partial charge in [-0.1, -0.05) is 30.3 Å². The maximum atomic E-state index is 12.7. The molecule has 1 atom stereocenters. The molecule has 1 heterocycles. The van der Waals surface area contributed by atoms with Crippen LogP contribution >= 0.6 is 0 Å². The van der Waals surface area contributed by atoms with E-state index in [-0.39, 0.29) is 5.78 Å². The van der Waals surface area contributed by atoms with Crippen LogP contribution in [0.2, 0.25) is 0 Å². The highest BCUT2D eigenvalue weighted by molar-refractivity contribution is 6.10. The molecule has 3 aromatic rings. The van der Waals surface area contributed by atoms with Gasteiger partial charge >= 0.3 is 5.97 Å². The Bertz CT molecular complexity index is 913. The first-order valence-electron chi connectivity index (χ1n) is 8.15. The number of carbonyl (C=O) groups is 2. The van der Waals surface area contributed by atoms with Crippen LogP contribution in [0.15, 0.2) is 54.7 Å². The molecular formula is C20H19NO4. The van der Waals surface area contributed by atoms with Crippen molar-refractivity contribution in [2.75, 3.05) is 6.61 Å². The van der Waals surface area contributed by atoms with E-state index < -0.39 is 12.1 Å². The van der Waals surface area contributed by atoms with E-state index in [0.29, 0.717) is 23.5 Å². The number of aromatic amines is 1. The number of para-hydroxylation sites is 2. The number of ether oxygens (including phenoxy) is 2. The number of hydrogen-bond acceptors (Lipinski definition) is 4. The van der Waals surface area contributed by atoms with Gasteiger partial charge in [0.1, 0.15) is 11.3 Å². The molecule has 5 heteroatoms. The number of hydrogen-bond donors (Lipinski definition) is 1. The van der Waals surface area contributed by atoms with Crippen LogP contribution in [0, 0.1) is 0 Å². The second kappa shape index (κ2) is 7.21. The SMILES string of the molecule is CCOc1ccccc1C(=O)OC(C)C(=O)c1c[nH]c2ccccc12. The van der Waals surface area contributed by atoms with Gasteiger partial charge in [0, 0.05) is 22.7 Å². The van der Waals surface area contributed by atoms with Crippen LogP contribution in [0.5, 0.6) is 5.75 Å². The van der Waals surface area contributed by atoms with Crippen LogP contribution in [-0.2, 0) is 4.74 Å². The van der Waals surface area contributed by atoms with Gasteiger partial charge in [-0.2, -0.15) is 0 Å². The largest absolute Gasteiger partial charge is 0.493 e. The van der Waals surface area contributed by atoms with Gasteiger partial charge in [-0.15, -0.1) is 0 Å². The highest BCUT2D eigenvalue weighted by atomic mass is 16.5. The summed E-state index contributed by atoms with van der Waals surface area (Å²) in [5.41, 5.74) is 1.68. The Balaban J connectivity index is 1.79. The number of aromatic nitrogens is 1. The molecule has 0 saturated heterocycles. The third-order valence-electron chi connectivity index (χ3n) is 3.91. The zero-order chi connectivity index (χ0) is 17.8. The van der Waals surface area contributed by atoms with Crippen LogP contribution in [0.1, 0.15) is 34.6 Å². The standard InChI is InChI=1S/C20H19NO4/c1-3-24-18-11-7-5-9-15(18)20(23)25-13(2)19(22)16-12-21-17-10-6-4-8-14(16)17/h4-13,21H,3H2,1-2H3. The molecule has 3 rings (SSSR count). The first-order chi connectivity index (χ1) is 12.1. The second-order valence-electron chi connectivity index (χ2n) is 5.59. The molecule has 25 heavy (non-hydrogen) atoms. The minimum atomic E-state index is -0.901. The van der Waals surface area contributed by atoms with Crippen molar-refractivity contribution in [1.82, 2.24) is 4.98 Å². The van der Waals surface area contributed by atoms with E-state index in [2.05, 4.69) is 4.98 Å². The lowest BCUT2D eigenvalue weighted by Crippen LogP contribution is -2.24. The van der Waals surface area contributed by atoms with Crippen molar-refractivity contribution in [3.05, 3.63) is 65.9 Å². The quantitative estimate of drug-likeness (QED) is 0.545. The van der Waals surface area contributed by atoms with Crippen molar-refractivity contribution in [2.24, 2.45) is 0 Å². The van der Waals surface area contributed by atoms with Gasteiger partial charge in [-0.05, 0) is 32.0 Å². The number of nitrogens with one attached hydrogen (secondary N) is 1. The number of rotatable bonds is 6. The van der Waals surface area contributed by atoms with Crippen molar-refractivity contribution in [1.29, 1.82) is 0 Å². The molecule has 2 aromatic carbocycles. The van der Waals surface area contributed by atoms with E-state index in [1.165, 1.54) is 0 Å². The maximum Gasteiger partial charge on any atom is 0.342 e. The summed E-state index contributed by atoms with van der Waals surface area (Å²) >= 11 is 0. The summed E-state index contributed by atoms with van der Waals surface area (Å²) in [7, 11) is 0. The van der Waals surface area contributed by atoms with Crippen LogP contribution < -0.4 is 4.74 Å². The molecule has 1 aromatic heterocycles. The molecule has 0 fully saturated rings. The number of esters is 1. The Kier molecular flexibility index (Phi) is 4.84. The maximum absolute atomic E-state index is 12.7. The molecule has 0 bridgehead atoms. The van der Waals surface area contributed by atoms with E-state index in [1.807, 2.05) is 31.2 Å². The summed E-state index contributed by atoms with van der Waals surface area (Å²) in [5, 5.41) is 0.810. The molecule has 0 aliphatic heterocycles. The molecule has 0 radical (unpaired) electrons. The van der Waals surface area contributed by atoms with Crippen molar-refractivity contribution in [3.8, 4) is 5.75 Å². The summed E-state index contributed by atoms with van der Waals surface area (Å²) in [4.78, 5) is 28.1. The lowest BCUT2D eigenvalue weighted by molar-refractivity contribution is 0.0316. The number of H-pyrrole nitrogens is 1. The highest BCUT2D eigenvalue weighted by Crippen LogP contribution is 2.22. The summed E-state index contributed by atoms with van der Waals surface area (Å²) in [6.45, 7) is 3.85. The van der Waals surface area contributed by atoms with E-state index >= 15 is 0 Å². The molecule has 0 saturated carbocycles. The summed E-state index contributed by atoms with van der Waals surface area (Å²) in [6, 6.07) is 14.3. The fraction of sp³-hybridized carbons (Fsp3) is 0.200. The van der Waals surface area contributed by atoms with Crippen molar-refractivity contribution < 1.29 is 19.1 Å². The fourth-order valence-electron chi connectivity index (χ4n) is 2.69. The molecule has 5 nitrogen and oxygen atoms in total. The average Bonchev–Trinajstić information content (AvgIpc) is 3.05. The first kappa shape index (κ1) is 16.8. The third-order valence-corrected chi connectivity index (χ3v) is 3.91. The minimum absolute atomic E-state index is 0.250. The summed E-state index contributed by atoms with van der Waals surface area (Å²) < 4.78 is 10.8. The molecule has 0 spiro atoms. The second-order valence-corrected chi connectivity index (χ2v) is 5.59. The zero-order valence-corrected chi connectivity index (χ0v) is 14.1. The molecular weight excluding hydrogens is 318 g/mol. The van der Waals surface area contributed by atoms with Crippen LogP contribution in [0.3, 0.4) is 0 Å². The topological polar surface area (TPSA) is 68.4 Å². The monoisotopic (exact) mass is 337 g/mol. The first-order valence-corrected chi connectivity index (χ1v) is 8.15. The molecule has 128 valence electrons. The Morgan fingerprint density at radius 3 is 2.56 bits per heavy atom. The van der Waals surface area contributed by atoms with Gasteiger partial charge < -0.3 is 14.5 Å². The zero-order valence-electron chi connectivity index (χ0n) is 14.1. The van der Waals surface area contributed by atoms with E-state index in [4.69, 9.17) is 9.47 Å². The molecule has 0 aliphatic carbocycles. The van der Waals surface area contributed by atoms with Gasteiger partial charge in [0.25, 0.3) is 0 Å². The number of ketones is 1.